The van der Waals surface area contributed by atoms with E-state index in [2.05, 4.69) is 5.32 Å². The predicted octanol–water partition coefficient (Wildman–Crippen LogP) is 8.21. The highest BCUT2D eigenvalue weighted by molar-refractivity contribution is 6.42. The molecule has 41 heavy (non-hydrogen) atoms. The van der Waals surface area contributed by atoms with E-state index in [-0.39, 0.29) is 34.9 Å². The van der Waals surface area contributed by atoms with Crippen molar-refractivity contribution >= 4 is 46.3 Å². The van der Waals surface area contributed by atoms with Gasteiger partial charge in [-0.2, -0.15) is 0 Å². The number of fused-ring (bicyclic) bond motifs is 2. The third-order valence-electron chi connectivity index (χ3n) is 7.64. The fraction of sp³-hybridized carbons (Fsp3) is 0.152. The van der Waals surface area contributed by atoms with Crippen LogP contribution in [-0.2, 0) is 4.79 Å². The lowest BCUT2D eigenvalue weighted by molar-refractivity contribution is -0.123. The summed E-state index contributed by atoms with van der Waals surface area (Å²) in [7, 11) is 1.58. The summed E-state index contributed by atoms with van der Waals surface area (Å²) in [5.74, 6) is -1.14. The molecule has 1 aliphatic carbocycles. The summed E-state index contributed by atoms with van der Waals surface area (Å²) in [4.78, 5) is 30.2. The fourth-order valence-electron chi connectivity index (χ4n) is 5.70. The van der Waals surface area contributed by atoms with Gasteiger partial charge in [0.25, 0.3) is 5.91 Å². The van der Waals surface area contributed by atoms with Crippen LogP contribution in [0.1, 0.15) is 39.9 Å². The third-order valence-corrected chi connectivity index (χ3v) is 8.38. The molecule has 0 unspecified atom stereocenters. The Hall–Kier alpha value is -4.13. The van der Waals surface area contributed by atoms with Crippen molar-refractivity contribution in [2.75, 3.05) is 17.3 Å². The number of hydrogen-bond acceptors (Lipinski definition) is 4. The zero-order valence-electron chi connectivity index (χ0n) is 22.0. The molecule has 5 nitrogen and oxygen atoms in total. The van der Waals surface area contributed by atoms with Crippen LogP contribution in [0.5, 0.6) is 5.75 Å². The number of Topliss-reactive ketones (excluding diaryl/α,β-unsaturated/α-hetero) is 1. The summed E-state index contributed by atoms with van der Waals surface area (Å²) in [6.07, 6.45) is 2.15. The standard InChI is InChI=1S/C33H25Cl2FN2O3/c1-41-24-12-9-19(10-13-24)32-31-28(17-22(18-30(31)39)20-5-4-6-23(36)15-20)37-27-7-2-3-8-29(27)38(32)33(40)21-11-14-25(34)26(35)16-21/h2-17,22,31-32,37H,18H2,1H3/t22-,31+,32+/m0/s1. The van der Waals surface area contributed by atoms with Crippen LogP contribution in [0.15, 0.2) is 103 Å². The highest BCUT2D eigenvalue weighted by atomic mass is 35.5. The number of ketones is 1. The molecule has 8 heteroatoms. The number of para-hydroxylation sites is 2. The van der Waals surface area contributed by atoms with Gasteiger partial charge in [0.1, 0.15) is 17.3 Å². The second-order valence-corrected chi connectivity index (χ2v) is 10.9. The molecule has 1 aliphatic heterocycles. The molecule has 0 bridgehead atoms. The number of rotatable bonds is 4. The van der Waals surface area contributed by atoms with E-state index in [4.69, 9.17) is 27.9 Å². The van der Waals surface area contributed by atoms with E-state index in [0.717, 1.165) is 5.56 Å². The molecule has 0 aromatic heterocycles. The Morgan fingerprint density at radius 2 is 1.71 bits per heavy atom. The summed E-state index contributed by atoms with van der Waals surface area (Å²) < 4.78 is 19.5. The number of carbonyl (C=O) groups is 2. The van der Waals surface area contributed by atoms with Crippen molar-refractivity contribution in [1.29, 1.82) is 0 Å². The monoisotopic (exact) mass is 586 g/mol. The Balaban J connectivity index is 1.56. The molecule has 0 spiro atoms. The minimum Gasteiger partial charge on any atom is -0.497 e. The first-order chi connectivity index (χ1) is 19.8. The van der Waals surface area contributed by atoms with E-state index in [9.17, 15) is 14.0 Å². The molecule has 6 rings (SSSR count). The maximum Gasteiger partial charge on any atom is 0.259 e. The number of amides is 1. The molecule has 1 amide bonds. The summed E-state index contributed by atoms with van der Waals surface area (Å²) in [6, 6.07) is 25.2. The molecule has 0 saturated heterocycles. The number of hydrogen-bond donors (Lipinski definition) is 1. The van der Waals surface area contributed by atoms with Gasteiger partial charge in [-0.3, -0.25) is 14.5 Å². The molecule has 0 saturated carbocycles. The summed E-state index contributed by atoms with van der Waals surface area (Å²) in [6.45, 7) is 0. The normalized spacial score (nSPS) is 19.8. The minimum atomic E-state index is -0.715. The van der Waals surface area contributed by atoms with Crippen LogP contribution >= 0.6 is 23.2 Å². The molecule has 3 atom stereocenters. The first kappa shape index (κ1) is 27.1. The van der Waals surface area contributed by atoms with E-state index in [1.165, 1.54) is 18.2 Å². The summed E-state index contributed by atoms with van der Waals surface area (Å²) in [5.41, 5.74) is 3.74. The van der Waals surface area contributed by atoms with Gasteiger partial charge in [-0.15, -0.1) is 0 Å². The number of ether oxygens (including phenoxy) is 1. The van der Waals surface area contributed by atoms with Crippen LogP contribution in [0, 0.1) is 11.7 Å². The lowest BCUT2D eigenvalue weighted by Gasteiger charge is -2.37. The maximum atomic E-state index is 14.4. The Labute approximate surface area is 247 Å². The van der Waals surface area contributed by atoms with Gasteiger partial charge in [0.05, 0.1) is 40.5 Å². The van der Waals surface area contributed by atoms with Crippen LogP contribution in [0.2, 0.25) is 10.0 Å². The topological polar surface area (TPSA) is 58.6 Å². The number of halogens is 3. The van der Waals surface area contributed by atoms with Gasteiger partial charge in [-0.05, 0) is 65.7 Å². The lowest BCUT2D eigenvalue weighted by Crippen LogP contribution is -2.42. The molecule has 0 fully saturated rings. The SMILES string of the molecule is COc1ccc([C@@H]2[C@H]3C(=O)C[C@@H](c4cccc(F)c4)C=C3Nc3ccccc3N2C(=O)c2ccc(Cl)c(Cl)c2)cc1. The smallest absolute Gasteiger partial charge is 0.259 e. The summed E-state index contributed by atoms with van der Waals surface area (Å²) in [5, 5.41) is 4.06. The molecule has 4 aromatic rings. The molecular formula is C33H25Cl2FN2O3. The second kappa shape index (κ2) is 11.0. The minimum absolute atomic E-state index is 0.0650. The number of nitrogens with one attached hydrogen (secondary N) is 1. The van der Waals surface area contributed by atoms with Crippen LogP contribution in [0.4, 0.5) is 15.8 Å². The van der Waals surface area contributed by atoms with Crippen LogP contribution < -0.4 is 15.0 Å². The molecule has 0 radical (unpaired) electrons. The van der Waals surface area contributed by atoms with Crippen molar-refractivity contribution in [2.24, 2.45) is 5.92 Å². The van der Waals surface area contributed by atoms with Gasteiger partial charge in [0.15, 0.2) is 0 Å². The summed E-state index contributed by atoms with van der Waals surface area (Å²) >= 11 is 12.5. The van der Waals surface area contributed by atoms with E-state index >= 15 is 0 Å². The average molecular weight is 587 g/mol. The largest absolute Gasteiger partial charge is 0.497 e. The average Bonchev–Trinajstić information content (AvgIpc) is 3.13. The van der Waals surface area contributed by atoms with Gasteiger partial charge >= 0.3 is 0 Å². The first-order valence-corrected chi connectivity index (χ1v) is 13.9. The van der Waals surface area contributed by atoms with E-state index in [1.54, 1.807) is 30.2 Å². The van der Waals surface area contributed by atoms with Gasteiger partial charge in [-0.1, -0.05) is 65.7 Å². The zero-order chi connectivity index (χ0) is 28.7. The predicted molar refractivity (Wildman–Crippen MR) is 159 cm³/mol. The van der Waals surface area contributed by atoms with Gasteiger partial charge in [0, 0.05) is 23.6 Å². The van der Waals surface area contributed by atoms with Crippen molar-refractivity contribution in [2.45, 2.75) is 18.4 Å². The van der Waals surface area contributed by atoms with Crippen molar-refractivity contribution in [3.8, 4) is 5.75 Å². The quantitative estimate of drug-likeness (QED) is 0.262. The fourth-order valence-corrected chi connectivity index (χ4v) is 6.00. The van der Waals surface area contributed by atoms with Gasteiger partial charge < -0.3 is 10.1 Å². The van der Waals surface area contributed by atoms with Crippen molar-refractivity contribution in [3.05, 3.63) is 135 Å². The second-order valence-electron chi connectivity index (χ2n) is 10.1. The van der Waals surface area contributed by atoms with Crippen LogP contribution in [0.25, 0.3) is 0 Å². The van der Waals surface area contributed by atoms with E-state index in [1.807, 2.05) is 60.7 Å². The zero-order valence-corrected chi connectivity index (χ0v) is 23.5. The first-order valence-electron chi connectivity index (χ1n) is 13.1. The van der Waals surface area contributed by atoms with E-state index < -0.39 is 12.0 Å². The van der Waals surface area contributed by atoms with Crippen molar-refractivity contribution in [3.63, 3.8) is 0 Å². The number of anilines is 2. The molecule has 2 aliphatic rings. The van der Waals surface area contributed by atoms with E-state index in [0.29, 0.717) is 39.0 Å². The third kappa shape index (κ3) is 5.09. The van der Waals surface area contributed by atoms with Crippen LogP contribution in [-0.4, -0.2) is 18.8 Å². The molecule has 206 valence electrons. The highest BCUT2D eigenvalue weighted by Gasteiger charge is 2.45. The number of nitrogens with zero attached hydrogens (tertiary/aromatic N) is 1. The molecule has 1 heterocycles. The maximum absolute atomic E-state index is 14.4. The molecule has 4 aromatic carbocycles. The van der Waals surface area contributed by atoms with Gasteiger partial charge in [-0.25, -0.2) is 4.39 Å². The highest BCUT2D eigenvalue weighted by Crippen LogP contribution is 2.48. The number of allylic oxidation sites excluding steroid dienone is 1. The Kier molecular flexibility index (Phi) is 7.28. The number of carbonyl (C=O) groups excluding carboxylic acids is 2. The lowest BCUT2D eigenvalue weighted by atomic mass is 9.76. The number of benzene rings is 4. The Morgan fingerprint density at radius 3 is 2.44 bits per heavy atom. The Morgan fingerprint density at radius 1 is 0.927 bits per heavy atom. The number of methoxy groups -OCH3 is 1. The van der Waals surface area contributed by atoms with Crippen molar-refractivity contribution < 1.29 is 18.7 Å². The Bertz CT molecular complexity index is 1690. The van der Waals surface area contributed by atoms with Crippen LogP contribution in [0.3, 0.4) is 0 Å². The molecular weight excluding hydrogens is 562 g/mol. The van der Waals surface area contributed by atoms with Crippen molar-refractivity contribution in [1.82, 2.24) is 0 Å². The molecule has 1 N–H and O–H groups in total. The van der Waals surface area contributed by atoms with Gasteiger partial charge in [0.2, 0.25) is 0 Å².